The van der Waals surface area contributed by atoms with E-state index in [4.69, 9.17) is 4.42 Å². The van der Waals surface area contributed by atoms with Gasteiger partial charge in [0.25, 0.3) is 5.91 Å². The van der Waals surface area contributed by atoms with Crippen LogP contribution in [0.15, 0.2) is 45.5 Å². The lowest BCUT2D eigenvalue weighted by molar-refractivity contribution is -0.139. The molecule has 1 atom stereocenters. The first-order valence-corrected chi connectivity index (χ1v) is 6.61. The molecule has 5 nitrogen and oxygen atoms in total. The van der Waals surface area contributed by atoms with Crippen LogP contribution in [0.3, 0.4) is 0 Å². The van der Waals surface area contributed by atoms with Crippen LogP contribution >= 0.6 is 15.9 Å². The summed E-state index contributed by atoms with van der Waals surface area (Å²) in [6.45, 7) is 1.72. The Kier molecular flexibility index (Phi) is 4.24. The van der Waals surface area contributed by atoms with Gasteiger partial charge in [-0.1, -0.05) is 28.1 Å². The predicted molar refractivity (Wildman–Crippen MR) is 75.4 cm³/mol. The number of carbonyl (C=O) groups is 2. The van der Waals surface area contributed by atoms with Crippen LogP contribution in [0, 0.1) is 6.92 Å². The highest BCUT2D eigenvalue weighted by Gasteiger charge is 2.24. The van der Waals surface area contributed by atoms with Gasteiger partial charge in [0.15, 0.2) is 11.8 Å². The van der Waals surface area contributed by atoms with Gasteiger partial charge < -0.3 is 14.8 Å². The van der Waals surface area contributed by atoms with E-state index in [0.29, 0.717) is 11.1 Å². The standard InChI is InChI=1S/C14H12BrNO4/c1-8-6-7-20-12(8)13(17)16-11(14(18)19)9-2-4-10(15)5-3-9/h2-7,11H,1H3,(H,16,17)(H,18,19). The fourth-order valence-corrected chi connectivity index (χ4v) is 2.01. The summed E-state index contributed by atoms with van der Waals surface area (Å²) in [5, 5.41) is 11.7. The minimum absolute atomic E-state index is 0.119. The number of furan rings is 1. The SMILES string of the molecule is Cc1ccoc1C(=O)NC(C(=O)O)c1ccc(Br)cc1. The third-order valence-corrected chi connectivity index (χ3v) is 3.32. The molecule has 1 aromatic heterocycles. The van der Waals surface area contributed by atoms with Crippen molar-refractivity contribution < 1.29 is 19.1 Å². The van der Waals surface area contributed by atoms with E-state index in [0.717, 1.165) is 4.47 Å². The Labute approximate surface area is 123 Å². The van der Waals surface area contributed by atoms with Crippen molar-refractivity contribution in [1.29, 1.82) is 0 Å². The maximum Gasteiger partial charge on any atom is 0.330 e. The summed E-state index contributed by atoms with van der Waals surface area (Å²) in [6.07, 6.45) is 1.39. The van der Waals surface area contributed by atoms with E-state index in [2.05, 4.69) is 21.2 Å². The van der Waals surface area contributed by atoms with Crippen molar-refractivity contribution >= 4 is 27.8 Å². The van der Waals surface area contributed by atoms with Crippen LogP contribution in [0.25, 0.3) is 0 Å². The molecule has 1 unspecified atom stereocenters. The average molecular weight is 338 g/mol. The van der Waals surface area contributed by atoms with Gasteiger partial charge in [-0.25, -0.2) is 4.79 Å². The summed E-state index contributed by atoms with van der Waals surface area (Å²) in [6, 6.07) is 7.23. The summed E-state index contributed by atoms with van der Waals surface area (Å²) < 4.78 is 5.88. The molecule has 0 radical (unpaired) electrons. The Morgan fingerprint density at radius 1 is 1.25 bits per heavy atom. The van der Waals surface area contributed by atoms with Gasteiger partial charge in [-0.3, -0.25) is 4.79 Å². The second-order valence-corrected chi connectivity index (χ2v) is 5.14. The first-order chi connectivity index (χ1) is 9.49. The molecule has 0 bridgehead atoms. The monoisotopic (exact) mass is 337 g/mol. The van der Waals surface area contributed by atoms with E-state index in [1.807, 2.05) is 0 Å². The zero-order valence-corrected chi connectivity index (χ0v) is 12.2. The number of hydrogen-bond acceptors (Lipinski definition) is 3. The summed E-state index contributed by atoms with van der Waals surface area (Å²) in [5.74, 6) is -1.57. The number of aryl methyl sites for hydroxylation is 1. The molecule has 1 heterocycles. The molecule has 6 heteroatoms. The van der Waals surface area contributed by atoms with Gasteiger partial charge in [0.1, 0.15) is 0 Å². The van der Waals surface area contributed by atoms with Crippen molar-refractivity contribution in [3.63, 3.8) is 0 Å². The highest BCUT2D eigenvalue weighted by molar-refractivity contribution is 9.10. The number of aliphatic carboxylic acids is 1. The topological polar surface area (TPSA) is 79.5 Å². The molecule has 0 aliphatic carbocycles. The summed E-state index contributed by atoms with van der Waals surface area (Å²) in [4.78, 5) is 23.3. The molecular formula is C14H12BrNO4. The van der Waals surface area contributed by atoms with Crippen LogP contribution in [-0.4, -0.2) is 17.0 Å². The molecule has 2 N–H and O–H groups in total. The second kappa shape index (κ2) is 5.92. The molecule has 20 heavy (non-hydrogen) atoms. The average Bonchev–Trinajstić information content (AvgIpc) is 2.83. The van der Waals surface area contributed by atoms with E-state index >= 15 is 0 Å². The van der Waals surface area contributed by atoms with Crippen molar-refractivity contribution in [2.75, 3.05) is 0 Å². The zero-order chi connectivity index (χ0) is 14.7. The van der Waals surface area contributed by atoms with Gasteiger partial charge in [0.2, 0.25) is 0 Å². The number of hydrogen-bond donors (Lipinski definition) is 2. The maximum atomic E-state index is 12.0. The number of benzene rings is 1. The molecule has 0 spiro atoms. The Hall–Kier alpha value is -2.08. The van der Waals surface area contributed by atoms with Crippen LogP contribution in [0.2, 0.25) is 0 Å². The minimum atomic E-state index is -1.13. The van der Waals surface area contributed by atoms with Gasteiger partial charge >= 0.3 is 5.97 Å². The molecule has 2 aromatic rings. The van der Waals surface area contributed by atoms with E-state index in [-0.39, 0.29) is 5.76 Å². The first-order valence-electron chi connectivity index (χ1n) is 5.82. The number of carboxylic acids is 1. The first kappa shape index (κ1) is 14.3. The Bertz CT molecular complexity index is 633. The molecule has 104 valence electrons. The lowest BCUT2D eigenvalue weighted by Crippen LogP contribution is -2.33. The number of rotatable bonds is 4. The fraction of sp³-hybridized carbons (Fsp3) is 0.143. The van der Waals surface area contributed by atoms with Gasteiger partial charge in [-0.2, -0.15) is 0 Å². The summed E-state index contributed by atoms with van der Waals surface area (Å²) in [7, 11) is 0. The molecule has 1 amide bonds. The third kappa shape index (κ3) is 3.08. The Balaban J connectivity index is 2.22. The number of halogens is 1. The molecular weight excluding hydrogens is 326 g/mol. The molecule has 2 rings (SSSR count). The van der Waals surface area contributed by atoms with E-state index in [1.54, 1.807) is 37.3 Å². The fourth-order valence-electron chi connectivity index (χ4n) is 1.74. The highest BCUT2D eigenvalue weighted by Crippen LogP contribution is 2.18. The predicted octanol–water partition coefficient (Wildman–Crippen LogP) is 2.91. The smallest absolute Gasteiger partial charge is 0.330 e. The normalized spacial score (nSPS) is 11.9. The lowest BCUT2D eigenvalue weighted by atomic mass is 10.1. The van der Waals surface area contributed by atoms with Gasteiger partial charge in [-0.15, -0.1) is 0 Å². The molecule has 0 saturated heterocycles. The number of amides is 1. The molecule has 0 fully saturated rings. The van der Waals surface area contributed by atoms with Crippen LogP contribution in [0.1, 0.15) is 27.7 Å². The molecule has 0 aliphatic rings. The minimum Gasteiger partial charge on any atom is -0.479 e. The van der Waals surface area contributed by atoms with Crippen LogP contribution in [0.5, 0.6) is 0 Å². The number of carbonyl (C=O) groups excluding carboxylic acids is 1. The van der Waals surface area contributed by atoms with Crippen molar-refractivity contribution in [2.24, 2.45) is 0 Å². The largest absolute Gasteiger partial charge is 0.479 e. The molecule has 0 saturated carbocycles. The van der Waals surface area contributed by atoms with Crippen molar-refractivity contribution in [1.82, 2.24) is 5.32 Å². The zero-order valence-electron chi connectivity index (χ0n) is 10.6. The second-order valence-electron chi connectivity index (χ2n) is 4.23. The number of nitrogens with one attached hydrogen (secondary N) is 1. The Morgan fingerprint density at radius 3 is 2.40 bits per heavy atom. The van der Waals surface area contributed by atoms with E-state index in [1.165, 1.54) is 6.26 Å². The van der Waals surface area contributed by atoms with Crippen LogP contribution in [-0.2, 0) is 4.79 Å². The van der Waals surface area contributed by atoms with E-state index in [9.17, 15) is 14.7 Å². The van der Waals surface area contributed by atoms with Crippen LogP contribution < -0.4 is 5.32 Å². The summed E-state index contributed by atoms with van der Waals surface area (Å²) >= 11 is 3.27. The van der Waals surface area contributed by atoms with Crippen molar-refractivity contribution in [2.45, 2.75) is 13.0 Å². The third-order valence-electron chi connectivity index (χ3n) is 2.79. The highest BCUT2D eigenvalue weighted by atomic mass is 79.9. The Morgan fingerprint density at radius 2 is 1.90 bits per heavy atom. The van der Waals surface area contributed by atoms with Gasteiger partial charge in [0.05, 0.1) is 6.26 Å². The van der Waals surface area contributed by atoms with Crippen LogP contribution in [0.4, 0.5) is 0 Å². The number of carboxylic acid groups (broad SMARTS) is 1. The molecule has 1 aromatic carbocycles. The van der Waals surface area contributed by atoms with E-state index < -0.39 is 17.9 Å². The van der Waals surface area contributed by atoms with Gasteiger partial charge in [-0.05, 0) is 30.7 Å². The maximum absolute atomic E-state index is 12.0. The lowest BCUT2D eigenvalue weighted by Gasteiger charge is -2.14. The molecule has 0 aliphatic heterocycles. The quantitative estimate of drug-likeness (QED) is 0.898. The van der Waals surface area contributed by atoms with Gasteiger partial charge in [0, 0.05) is 10.0 Å². The summed E-state index contributed by atoms with van der Waals surface area (Å²) in [5.41, 5.74) is 1.14. The van der Waals surface area contributed by atoms with Crippen molar-refractivity contribution in [3.8, 4) is 0 Å². The van der Waals surface area contributed by atoms with Crippen molar-refractivity contribution in [3.05, 3.63) is 58.0 Å².